The van der Waals surface area contributed by atoms with Crippen LogP contribution in [0.1, 0.15) is 20.7 Å². The monoisotopic (exact) mass is 291 g/mol. The Kier molecular flexibility index (Phi) is 4.37. The Balaban J connectivity index is 2.15. The third kappa shape index (κ3) is 2.97. The summed E-state index contributed by atoms with van der Waals surface area (Å²) in [7, 11) is 2.86. The summed E-state index contributed by atoms with van der Waals surface area (Å²) in [6, 6.07) is 8.31. The van der Waals surface area contributed by atoms with Crippen LogP contribution in [0, 0.1) is 0 Å². The molecule has 0 spiro atoms. The number of carbonyl (C=O) groups excluding carboxylic acids is 2. The molecule has 1 aromatic carbocycles. The van der Waals surface area contributed by atoms with Crippen molar-refractivity contribution in [2.45, 2.75) is 0 Å². The smallest absolute Gasteiger partial charge is 0.340 e. The molecule has 2 rings (SSSR count). The minimum atomic E-state index is -0.476. The van der Waals surface area contributed by atoms with E-state index < -0.39 is 5.97 Å². The van der Waals surface area contributed by atoms with E-state index in [0.29, 0.717) is 21.9 Å². The minimum Gasteiger partial charge on any atom is -0.497 e. The minimum absolute atomic E-state index is 0.291. The maximum atomic E-state index is 12.1. The molecule has 0 bridgehead atoms. The van der Waals surface area contributed by atoms with E-state index in [1.54, 1.807) is 42.8 Å². The molecule has 0 radical (unpaired) electrons. The highest BCUT2D eigenvalue weighted by Gasteiger charge is 2.16. The normalized spacial score (nSPS) is 9.90. The maximum absolute atomic E-state index is 12.1. The van der Waals surface area contributed by atoms with E-state index in [1.807, 2.05) is 0 Å². The van der Waals surface area contributed by atoms with E-state index in [1.165, 1.54) is 18.4 Å². The Hall–Kier alpha value is -2.34. The summed E-state index contributed by atoms with van der Waals surface area (Å²) in [5.74, 6) is -0.0931. The number of amides is 1. The van der Waals surface area contributed by atoms with Gasteiger partial charge in [-0.1, -0.05) is 0 Å². The molecule has 1 amide bonds. The topological polar surface area (TPSA) is 64.6 Å². The number of ether oxygens (including phenoxy) is 2. The fraction of sp³-hybridized carbons (Fsp3) is 0.143. The molecule has 5 nitrogen and oxygen atoms in total. The molecular formula is C14H13NO4S. The van der Waals surface area contributed by atoms with Gasteiger partial charge in [0.05, 0.1) is 19.8 Å². The first kappa shape index (κ1) is 14.1. The molecule has 1 heterocycles. The number of esters is 1. The van der Waals surface area contributed by atoms with Crippen molar-refractivity contribution in [1.82, 2.24) is 0 Å². The number of nitrogens with one attached hydrogen (secondary N) is 1. The second-order valence-electron chi connectivity index (χ2n) is 3.84. The molecule has 1 N–H and O–H groups in total. The number of methoxy groups -OCH3 is 2. The van der Waals surface area contributed by atoms with E-state index in [9.17, 15) is 9.59 Å². The van der Waals surface area contributed by atoms with Gasteiger partial charge in [0.2, 0.25) is 0 Å². The van der Waals surface area contributed by atoms with Crippen LogP contribution in [-0.4, -0.2) is 26.1 Å². The third-order valence-corrected chi connectivity index (χ3v) is 3.48. The second kappa shape index (κ2) is 6.21. The summed E-state index contributed by atoms with van der Waals surface area (Å²) in [5.41, 5.74) is 0.828. The molecule has 0 saturated carbocycles. The van der Waals surface area contributed by atoms with E-state index in [2.05, 4.69) is 10.1 Å². The number of anilines is 1. The molecule has 2 aromatic rings. The van der Waals surface area contributed by atoms with Crippen LogP contribution in [0.5, 0.6) is 5.75 Å². The zero-order chi connectivity index (χ0) is 14.5. The lowest BCUT2D eigenvalue weighted by atomic mass is 10.2. The van der Waals surface area contributed by atoms with Crippen molar-refractivity contribution in [3.8, 4) is 5.75 Å². The molecule has 0 saturated heterocycles. The Morgan fingerprint density at radius 2 is 1.80 bits per heavy atom. The zero-order valence-electron chi connectivity index (χ0n) is 11.0. The number of benzene rings is 1. The lowest BCUT2D eigenvalue weighted by Crippen LogP contribution is -2.13. The van der Waals surface area contributed by atoms with Crippen molar-refractivity contribution in [2.24, 2.45) is 0 Å². The van der Waals surface area contributed by atoms with Gasteiger partial charge in [-0.05, 0) is 35.7 Å². The number of hydrogen-bond donors (Lipinski definition) is 1. The Morgan fingerprint density at radius 3 is 2.40 bits per heavy atom. The van der Waals surface area contributed by atoms with Crippen LogP contribution in [0.2, 0.25) is 0 Å². The van der Waals surface area contributed by atoms with Crippen molar-refractivity contribution < 1.29 is 19.1 Å². The van der Waals surface area contributed by atoms with Gasteiger partial charge in [-0.3, -0.25) is 4.79 Å². The molecule has 0 aliphatic rings. The van der Waals surface area contributed by atoms with Gasteiger partial charge in [-0.25, -0.2) is 4.79 Å². The van der Waals surface area contributed by atoms with Gasteiger partial charge in [-0.15, -0.1) is 11.3 Å². The van der Waals surface area contributed by atoms with Crippen LogP contribution < -0.4 is 10.1 Å². The number of hydrogen-bond acceptors (Lipinski definition) is 5. The predicted octanol–water partition coefficient (Wildman–Crippen LogP) is 2.80. The molecule has 6 heteroatoms. The van der Waals surface area contributed by atoms with Crippen LogP contribution in [0.4, 0.5) is 5.00 Å². The van der Waals surface area contributed by atoms with Crippen molar-refractivity contribution in [3.05, 3.63) is 46.8 Å². The maximum Gasteiger partial charge on any atom is 0.340 e. The standard InChI is InChI=1S/C14H13NO4S/c1-18-10-5-3-9(4-6-10)12(16)15-13-11(7-8-20-13)14(17)19-2/h3-8H,1-2H3,(H,15,16). The van der Waals surface area contributed by atoms with Gasteiger partial charge in [0.1, 0.15) is 10.8 Å². The fourth-order valence-electron chi connectivity index (χ4n) is 1.59. The third-order valence-electron chi connectivity index (χ3n) is 2.65. The van der Waals surface area contributed by atoms with Gasteiger partial charge < -0.3 is 14.8 Å². The molecule has 0 unspecified atom stereocenters. The fourth-order valence-corrected chi connectivity index (χ4v) is 2.36. The highest BCUT2D eigenvalue weighted by atomic mass is 32.1. The Bertz CT molecular complexity index is 618. The van der Waals surface area contributed by atoms with Gasteiger partial charge >= 0.3 is 5.97 Å². The summed E-state index contributed by atoms with van der Waals surface area (Å²) in [6.07, 6.45) is 0. The molecular weight excluding hydrogens is 278 g/mol. The SMILES string of the molecule is COC(=O)c1ccsc1NC(=O)c1ccc(OC)cc1. The van der Waals surface area contributed by atoms with Crippen LogP contribution in [0.25, 0.3) is 0 Å². The van der Waals surface area contributed by atoms with E-state index >= 15 is 0 Å². The summed E-state index contributed by atoms with van der Waals surface area (Å²) in [5, 5.41) is 4.89. The number of thiophene rings is 1. The molecule has 20 heavy (non-hydrogen) atoms. The summed E-state index contributed by atoms with van der Waals surface area (Å²) >= 11 is 1.27. The quantitative estimate of drug-likeness (QED) is 0.880. The van der Waals surface area contributed by atoms with E-state index in [4.69, 9.17) is 4.74 Å². The second-order valence-corrected chi connectivity index (χ2v) is 4.75. The first-order chi connectivity index (χ1) is 9.65. The first-order valence-electron chi connectivity index (χ1n) is 5.77. The van der Waals surface area contributed by atoms with Crippen molar-refractivity contribution in [3.63, 3.8) is 0 Å². The van der Waals surface area contributed by atoms with Crippen molar-refractivity contribution >= 4 is 28.2 Å². The van der Waals surface area contributed by atoms with Gasteiger partial charge in [0.25, 0.3) is 5.91 Å². The molecule has 1 aromatic heterocycles. The highest BCUT2D eigenvalue weighted by molar-refractivity contribution is 7.14. The van der Waals surface area contributed by atoms with E-state index in [-0.39, 0.29) is 5.91 Å². The average Bonchev–Trinajstić information content (AvgIpc) is 2.94. The number of rotatable bonds is 4. The molecule has 0 aliphatic heterocycles. The van der Waals surface area contributed by atoms with Crippen LogP contribution in [-0.2, 0) is 4.74 Å². The molecule has 0 atom stereocenters. The summed E-state index contributed by atoms with van der Waals surface area (Å²) in [6.45, 7) is 0. The van der Waals surface area contributed by atoms with Gasteiger partial charge in [0, 0.05) is 5.56 Å². The zero-order valence-corrected chi connectivity index (χ0v) is 11.8. The molecule has 0 aliphatic carbocycles. The Morgan fingerprint density at radius 1 is 1.10 bits per heavy atom. The van der Waals surface area contributed by atoms with Crippen LogP contribution in [0.15, 0.2) is 35.7 Å². The van der Waals surface area contributed by atoms with Crippen molar-refractivity contribution in [1.29, 1.82) is 0 Å². The summed E-state index contributed by atoms with van der Waals surface area (Å²) in [4.78, 5) is 23.6. The highest BCUT2D eigenvalue weighted by Crippen LogP contribution is 2.24. The van der Waals surface area contributed by atoms with Crippen LogP contribution in [0.3, 0.4) is 0 Å². The van der Waals surface area contributed by atoms with Gasteiger partial charge in [0.15, 0.2) is 0 Å². The summed E-state index contributed by atoms with van der Waals surface area (Å²) < 4.78 is 9.68. The lowest BCUT2D eigenvalue weighted by Gasteiger charge is -2.06. The lowest BCUT2D eigenvalue weighted by molar-refractivity contribution is 0.0602. The number of carbonyl (C=O) groups is 2. The molecule has 0 fully saturated rings. The predicted molar refractivity (Wildman–Crippen MR) is 76.6 cm³/mol. The largest absolute Gasteiger partial charge is 0.497 e. The van der Waals surface area contributed by atoms with E-state index in [0.717, 1.165) is 0 Å². The van der Waals surface area contributed by atoms with Crippen LogP contribution >= 0.6 is 11.3 Å². The van der Waals surface area contributed by atoms with Gasteiger partial charge in [-0.2, -0.15) is 0 Å². The first-order valence-corrected chi connectivity index (χ1v) is 6.65. The Labute approximate surface area is 120 Å². The molecule has 104 valence electrons. The average molecular weight is 291 g/mol. The van der Waals surface area contributed by atoms with Crippen molar-refractivity contribution in [2.75, 3.05) is 19.5 Å².